The molecule has 0 aliphatic heterocycles. The molecule has 0 spiro atoms. The van der Waals surface area contributed by atoms with Crippen LogP contribution in [-0.4, -0.2) is 58.3 Å². The van der Waals surface area contributed by atoms with Gasteiger partial charge in [-0.2, -0.15) is 0 Å². The van der Waals surface area contributed by atoms with Gasteiger partial charge < -0.3 is 31.1 Å². The van der Waals surface area contributed by atoms with E-state index in [2.05, 4.69) is 10.6 Å². The number of nitrogens with one attached hydrogen (secondary N) is 2. The predicted molar refractivity (Wildman–Crippen MR) is 68.1 cm³/mol. The van der Waals surface area contributed by atoms with Crippen molar-refractivity contribution in [3.63, 3.8) is 0 Å². The Hall–Kier alpha value is -0.830. The number of hydrogen-bond donors (Lipinski definition) is 6. The third kappa shape index (κ3) is 3.19. The van der Waals surface area contributed by atoms with Gasteiger partial charge in [-0.25, -0.2) is 0 Å². The van der Waals surface area contributed by atoms with E-state index in [1.807, 2.05) is 0 Å². The van der Waals surface area contributed by atoms with Gasteiger partial charge in [-0.05, 0) is 0 Å². The second-order valence-corrected chi connectivity index (χ2v) is 4.44. The van der Waals surface area contributed by atoms with Crippen molar-refractivity contribution in [1.82, 2.24) is 10.6 Å². The van der Waals surface area contributed by atoms with E-state index in [9.17, 15) is 15.0 Å². The fourth-order valence-electron chi connectivity index (χ4n) is 1.48. The van der Waals surface area contributed by atoms with Crippen LogP contribution in [0, 0.1) is 0 Å². The minimum atomic E-state index is -2.67. The van der Waals surface area contributed by atoms with Crippen molar-refractivity contribution in [3.05, 3.63) is 21.5 Å². The molecule has 0 aromatic carbocycles. The van der Waals surface area contributed by atoms with Crippen LogP contribution in [0.1, 0.15) is 0 Å². The summed E-state index contributed by atoms with van der Waals surface area (Å²) in [5.74, 6) is -3.40. The summed E-state index contributed by atoms with van der Waals surface area (Å²) < 4.78 is 0. The molecule has 7 nitrogen and oxygen atoms in total. The molecule has 0 fully saturated rings. The van der Waals surface area contributed by atoms with E-state index >= 15 is 0 Å². The topological polar surface area (TPSA) is 122 Å². The molecule has 108 valence electrons. The lowest BCUT2D eigenvalue weighted by Gasteiger charge is -2.31. The first-order valence-corrected chi connectivity index (χ1v) is 6.12. The number of aliphatic hydroxyl groups is 4. The maximum atomic E-state index is 11.9. The lowest BCUT2D eigenvalue weighted by molar-refractivity contribution is -0.118. The van der Waals surface area contributed by atoms with Gasteiger partial charge in [0.15, 0.2) is 0 Å². The number of halogens is 2. The number of carbonyl (C=O) groups excluding carboxylic acids is 1. The number of rotatable bonds is 6. The Balaban J connectivity index is 3.13. The first kappa shape index (κ1) is 16.2. The zero-order valence-corrected chi connectivity index (χ0v) is 11.3. The van der Waals surface area contributed by atoms with Gasteiger partial charge in [0.05, 0.1) is 18.9 Å². The van der Waals surface area contributed by atoms with E-state index in [-0.39, 0.29) is 32.0 Å². The summed E-state index contributed by atoms with van der Waals surface area (Å²) in [5, 5.41) is 41.1. The Morgan fingerprint density at radius 2 is 1.58 bits per heavy atom. The molecule has 0 heterocycles. The van der Waals surface area contributed by atoms with Crippen LogP contribution in [0.3, 0.4) is 0 Å². The summed E-state index contributed by atoms with van der Waals surface area (Å²) >= 11 is 11.5. The number of carbonyl (C=O) groups is 1. The molecule has 6 N–H and O–H groups in total. The van der Waals surface area contributed by atoms with Crippen molar-refractivity contribution in [2.75, 3.05) is 26.3 Å². The minimum absolute atomic E-state index is 0.00303. The van der Waals surface area contributed by atoms with Crippen molar-refractivity contribution in [3.8, 4) is 0 Å². The quantitative estimate of drug-likeness (QED) is 0.324. The van der Waals surface area contributed by atoms with Gasteiger partial charge in [0.2, 0.25) is 11.6 Å². The molecule has 0 amide bonds. The summed E-state index contributed by atoms with van der Waals surface area (Å²) in [7, 11) is 0. The van der Waals surface area contributed by atoms with Crippen LogP contribution in [-0.2, 0) is 4.79 Å². The average Bonchev–Trinajstić information content (AvgIpc) is 2.37. The van der Waals surface area contributed by atoms with Crippen LogP contribution in [0.5, 0.6) is 0 Å². The molecule has 0 aromatic rings. The molecule has 0 unspecified atom stereocenters. The summed E-state index contributed by atoms with van der Waals surface area (Å²) in [6, 6.07) is 0. The van der Waals surface area contributed by atoms with Gasteiger partial charge in [-0.3, -0.25) is 4.79 Å². The zero-order chi connectivity index (χ0) is 14.6. The van der Waals surface area contributed by atoms with Crippen LogP contribution >= 0.6 is 23.2 Å². The second-order valence-electron chi connectivity index (χ2n) is 3.68. The van der Waals surface area contributed by atoms with Gasteiger partial charge in [0, 0.05) is 13.1 Å². The minimum Gasteiger partial charge on any atom is -0.395 e. The fraction of sp³-hybridized carbons (Fsp3) is 0.500. The molecule has 0 aromatic heterocycles. The highest BCUT2D eigenvalue weighted by atomic mass is 35.5. The number of aliphatic hydroxyl groups excluding tert-OH is 2. The molecule has 1 rings (SSSR count). The van der Waals surface area contributed by atoms with Crippen molar-refractivity contribution < 1.29 is 25.2 Å². The molecular weight excluding hydrogens is 299 g/mol. The van der Waals surface area contributed by atoms with Crippen molar-refractivity contribution in [2.45, 2.75) is 5.79 Å². The van der Waals surface area contributed by atoms with E-state index in [1.165, 1.54) is 0 Å². The third-order valence-electron chi connectivity index (χ3n) is 2.35. The molecule has 0 atom stereocenters. The molecule has 0 radical (unpaired) electrons. The Morgan fingerprint density at radius 1 is 1.05 bits per heavy atom. The third-order valence-corrected chi connectivity index (χ3v) is 3.16. The SMILES string of the molecule is O=C1C(Cl)=C(NCCO)C(O)(O)C(Cl)=C1NCCO. The largest absolute Gasteiger partial charge is 0.395 e. The normalized spacial score (nSPS) is 18.9. The van der Waals surface area contributed by atoms with Crippen LogP contribution in [0.15, 0.2) is 21.5 Å². The Kier molecular flexibility index (Phi) is 5.60. The summed E-state index contributed by atoms with van der Waals surface area (Å²) in [5.41, 5.74) is -0.687. The molecular formula is C10H14Cl2N2O5. The van der Waals surface area contributed by atoms with E-state index in [0.29, 0.717) is 0 Å². The first-order chi connectivity index (χ1) is 8.87. The fourth-order valence-corrected chi connectivity index (χ4v) is 2.02. The van der Waals surface area contributed by atoms with Gasteiger partial charge in [-0.15, -0.1) is 0 Å². The highest BCUT2D eigenvalue weighted by Crippen LogP contribution is 2.36. The molecule has 1 aliphatic carbocycles. The predicted octanol–water partition coefficient (Wildman–Crippen LogP) is -1.69. The van der Waals surface area contributed by atoms with E-state index < -0.39 is 27.3 Å². The summed E-state index contributed by atoms with van der Waals surface area (Å²) in [6.45, 7) is -0.612. The van der Waals surface area contributed by atoms with E-state index in [1.54, 1.807) is 0 Å². The Labute approximate surface area is 119 Å². The van der Waals surface area contributed by atoms with Crippen molar-refractivity contribution in [1.29, 1.82) is 0 Å². The van der Waals surface area contributed by atoms with Crippen LogP contribution in [0.25, 0.3) is 0 Å². The number of ketones is 1. The highest BCUT2D eigenvalue weighted by molar-refractivity contribution is 6.48. The number of Topliss-reactive ketones (excluding diaryl/α,β-unsaturated/α-hetero) is 1. The molecule has 1 aliphatic rings. The van der Waals surface area contributed by atoms with Crippen molar-refractivity contribution in [2.24, 2.45) is 0 Å². The Morgan fingerprint density at radius 3 is 2.11 bits per heavy atom. The maximum absolute atomic E-state index is 11.9. The molecule has 0 saturated heterocycles. The number of allylic oxidation sites excluding steroid dienone is 1. The zero-order valence-electron chi connectivity index (χ0n) is 9.78. The molecule has 19 heavy (non-hydrogen) atoms. The van der Waals surface area contributed by atoms with Gasteiger partial charge >= 0.3 is 0 Å². The van der Waals surface area contributed by atoms with Crippen LogP contribution in [0.4, 0.5) is 0 Å². The Bertz CT molecular complexity index is 434. The number of hydrogen-bond acceptors (Lipinski definition) is 7. The maximum Gasteiger partial charge on any atom is 0.247 e. The standard InChI is InChI=1S/C10H14Cl2N2O5/c11-5-7(17)6(13-1-3-15)8(12)10(18,19)9(5)14-2-4-16/h13-16,18-19H,1-4H2. The lowest BCUT2D eigenvalue weighted by Crippen LogP contribution is -2.46. The van der Waals surface area contributed by atoms with Crippen LogP contribution < -0.4 is 10.6 Å². The van der Waals surface area contributed by atoms with E-state index in [0.717, 1.165) is 0 Å². The van der Waals surface area contributed by atoms with Gasteiger partial charge in [0.1, 0.15) is 15.8 Å². The van der Waals surface area contributed by atoms with Crippen LogP contribution in [0.2, 0.25) is 0 Å². The lowest BCUT2D eigenvalue weighted by atomic mass is 10.0. The van der Waals surface area contributed by atoms with E-state index in [4.69, 9.17) is 33.4 Å². The first-order valence-electron chi connectivity index (χ1n) is 5.37. The van der Waals surface area contributed by atoms with Gasteiger partial charge in [-0.1, -0.05) is 23.2 Å². The smallest absolute Gasteiger partial charge is 0.247 e. The monoisotopic (exact) mass is 312 g/mol. The molecule has 9 heteroatoms. The second kappa shape index (κ2) is 6.56. The van der Waals surface area contributed by atoms with Gasteiger partial charge in [0.25, 0.3) is 0 Å². The summed E-state index contributed by atoms with van der Waals surface area (Å²) in [6.07, 6.45) is 0. The van der Waals surface area contributed by atoms with Crippen molar-refractivity contribution >= 4 is 29.0 Å². The summed E-state index contributed by atoms with van der Waals surface area (Å²) in [4.78, 5) is 11.9. The molecule has 0 bridgehead atoms. The molecule has 0 saturated carbocycles. The average molecular weight is 313 g/mol. The highest BCUT2D eigenvalue weighted by Gasteiger charge is 2.44.